The van der Waals surface area contributed by atoms with Gasteiger partial charge in [0, 0.05) is 6.04 Å². The summed E-state index contributed by atoms with van der Waals surface area (Å²) in [6, 6.07) is 14.6. The minimum atomic E-state index is 0.344. The molecule has 1 unspecified atom stereocenters. The molecule has 0 saturated heterocycles. The first kappa shape index (κ1) is 9.99. The van der Waals surface area contributed by atoms with Gasteiger partial charge in [0.2, 0.25) is 0 Å². The average Bonchev–Trinajstić information content (AvgIpc) is 2.80. The van der Waals surface area contributed by atoms with Crippen LogP contribution in [-0.4, -0.2) is 0 Å². The van der Waals surface area contributed by atoms with Crippen LogP contribution >= 0.6 is 0 Å². The Balaban J connectivity index is 1.90. The molecule has 1 atom stereocenters. The first-order valence-electron chi connectivity index (χ1n) is 5.17. The number of furan rings is 1. The fourth-order valence-electron chi connectivity index (χ4n) is 1.53. The molecule has 2 heteroatoms. The Bertz CT molecular complexity index is 380. The lowest BCUT2D eigenvalue weighted by molar-refractivity contribution is 0.460. The van der Waals surface area contributed by atoms with Crippen LogP contribution in [0.4, 0.5) is 0 Å². The second-order valence-electron chi connectivity index (χ2n) is 3.59. The van der Waals surface area contributed by atoms with Crippen molar-refractivity contribution < 1.29 is 4.42 Å². The van der Waals surface area contributed by atoms with Crippen LogP contribution in [0.25, 0.3) is 0 Å². The second-order valence-corrected chi connectivity index (χ2v) is 3.59. The Kier molecular flexibility index (Phi) is 3.20. The van der Waals surface area contributed by atoms with E-state index in [-0.39, 0.29) is 0 Å². The standard InChI is InChI=1S/C13H15NO/c1-11(12-6-3-2-4-7-12)14-10-13-8-5-9-15-13/h2-9,11,14H,10H2,1H3. The molecule has 0 aliphatic carbocycles. The Hall–Kier alpha value is -1.54. The van der Waals surface area contributed by atoms with E-state index in [0.717, 1.165) is 12.3 Å². The van der Waals surface area contributed by atoms with Gasteiger partial charge in [0.1, 0.15) is 5.76 Å². The maximum absolute atomic E-state index is 5.26. The van der Waals surface area contributed by atoms with Gasteiger partial charge in [-0.25, -0.2) is 0 Å². The van der Waals surface area contributed by atoms with Crippen LogP contribution in [-0.2, 0) is 6.54 Å². The quantitative estimate of drug-likeness (QED) is 0.822. The maximum Gasteiger partial charge on any atom is 0.117 e. The van der Waals surface area contributed by atoms with E-state index in [9.17, 15) is 0 Å². The predicted molar refractivity (Wildman–Crippen MR) is 60.4 cm³/mol. The third kappa shape index (κ3) is 2.70. The molecule has 0 radical (unpaired) electrons. The zero-order valence-corrected chi connectivity index (χ0v) is 8.81. The normalized spacial score (nSPS) is 12.6. The van der Waals surface area contributed by atoms with Gasteiger partial charge in [0.15, 0.2) is 0 Å². The molecule has 0 fully saturated rings. The topological polar surface area (TPSA) is 25.2 Å². The van der Waals surface area contributed by atoms with Crippen LogP contribution in [0.2, 0.25) is 0 Å². The smallest absolute Gasteiger partial charge is 0.117 e. The van der Waals surface area contributed by atoms with Gasteiger partial charge < -0.3 is 9.73 Å². The summed E-state index contributed by atoms with van der Waals surface area (Å²) in [5.74, 6) is 0.970. The minimum Gasteiger partial charge on any atom is -0.468 e. The van der Waals surface area contributed by atoms with Gasteiger partial charge in [-0.15, -0.1) is 0 Å². The molecular formula is C13H15NO. The molecule has 0 bridgehead atoms. The number of nitrogens with one attached hydrogen (secondary N) is 1. The number of hydrogen-bond donors (Lipinski definition) is 1. The largest absolute Gasteiger partial charge is 0.468 e. The van der Waals surface area contributed by atoms with Crippen molar-refractivity contribution in [2.75, 3.05) is 0 Å². The Morgan fingerprint density at radius 2 is 1.93 bits per heavy atom. The third-order valence-electron chi connectivity index (χ3n) is 2.46. The molecule has 2 nitrogen and oxygen atoms in total. The molecule has 1 heterocycles. The summed E-state index contributed by atoms with van der Waals surface area (Å²) in [7, 11) is 0. The second kappa shape index (κ2) is 4.80. The zero-order valence-electron chi connectivity index (χ0n) is 8.81. The van der Waals surface area contributed by atoms with E-state index in [0.29, 0.717) is 6.04 Å². The first-order valence-corrected chi connectivity index (χ1v) is 5.17. The lowest BCUT2D eigenvalue weighted by Gasteiger charge is -2.12. The predicted octanol–water partition coefficient (Wildman–Crippen LogP) is 3.13. The highest BCUT2D eigenvalue weighted by Crippen LogP contribution is 2.12. The van der Waals surface area contributed by atoms with E-state index in [4.69, 9.17) is 4.42 Å². The molecule has 0 spiro atoms. The van der Waals surface area contributed by atoms with Crippen LogP contribution in [0.15, 0.2) is 53.1 Å². The van der Waals surface area contributed by atoms with Crippen LogP contribution in [0, 0.1) is 0 Å². The average molecular weight is 201 g/mol. The molecule has 2 aromatic rings. The fraction of sp³-hybridized carbons (Fsp3) is 0.231. The van der Waals surface area contributed by atoms with Crippen molar-refractivity contribution in [3.63, 3.8) is 0 Å². The summed E-state index contributed by atoms with van der Waals surface area (Å²) in [6.45, 7) is 2.92. The Labute approximate surface area is 89.9 Å². The molecule has 0 aliphatic rings. The van der Waals surface area contributed by atoms with Crippen molar-refractivity contribution in [3.05, 3.63) is 60.1 Å². The lowest BCUT2D eigenvalue weighted by atomic mass is 10.1. The van der Waals surface area contributed by atoms with Crippen LogP contribution in [0.3, 0.4) is 0 Å². The van der Waals surface area contributed by atoms with Gasteiger partial charge in [-0.05, 0) is 24.6 Å². The molecular weight excluding hydrogens is 186 g/mol. The fourth-order valence-corrected chi connectivity index (χ4v) is 1.53. The van der Waals surface area contributed by atoms with Crippen molar-refractivity contribution >= 4 is 0 Å². The molecule has 0 saturated carbocycles. The molecule has 1 N–H and O–H groups in total. The summed E-state index contributed by atoms with van der Waals surface area (Å²) < 4.78 is 5.26. The maximum atomic E-state index is 5.26. The monoisotopic (exact) mass is 201 g/mol. The van der Waals surface area contributed by atoms with E-state index >= 15 is 0 Å². The van der Waals surface area contributed by atoms with Crippen molar-refractivity contribution in [3.8, 4) is 0 Å². The van der Waals surface area contributed by atoms with Gasteiger partial charge in [0.25, 0.3) is 0 Å². The van der Waals surface area contributed by atoms with Gasteiger partial charge >= 0.3 is 0 Å². The van der Waals surface area contributed by atoms with E-state index in [1.54, 1.807) is 6.26 Å². The zero-order chi connectivity index (χ0) is 10.5. The highest BCUT2D eigenvalue weighted by molar-refractivity contribution is 5.18. The SMILES string of the molecule is CC(NCc1ccco1)c1ccccc1. The van der Waals surface area contributed by atoms with Crippen molar-refractivity contribution in [1.29, 1.82) is 0 Å². The van der Waals surface area contributed by atoms with E-state index in [1.165, 1.54) is 5.56 Å². The van der Waals surface area contributed by atoms with Crippen LogP contribution < -0.4 is 5.32 Å². The molecule has 0 aliphatic heterocycles. The first-order chi connectivity index (χ1) is 7.36. The number of rotatable bonds is 4. The summed E-state index contributed by atoms with van der Waals surface area (Å²) >= 11 is 0. The Morgan fingerprint density at radius 1 is 1.13 bits per heavy atom. The van der Waals surface area contributed by atoms with Gasteiger partial charge in [-0.3, -0.25) is 0 Å². The molecule has 2 rings (SSSR count). The van der Waals surface area contributed by atoms with Crippen LogP contribution in [0.5, 0.6) is 0 Å². The van der Waals surface area contributed by atoms with Crippen molar-refractivity contribution in [2.45, 2.75) is 19.5 Å². The summed E-state index contributed by atoms with van der Waals surface area (Å²) in [6.07, 6.45) is 1.70. The van der Waals surface area contributed by atoms with Crippen molar-refractivity contribution in [2.24, 2.45) is 0 Å². The summed E-state index contributed by atoms with van der Waals surface area (Å²) in [5.41, 5.74) is 1.30. The summed E-state index contributed by atoms with van der Waals surface area (Å²) in [5, 5.41) is 3.41. The summed E-state index contributed by atoms with van der Waals surface area (Å²) in [4.78, 5) is 0. The Morgan fingerprint density at radius 3 is 2.60 bits per heavy atom. The molecule has 78 valence electrons. The van der Waals surface area contributed by atoms with Gasteiger partial charge in [-0.1, -0.05) is 30.3 Å². The van der Waals surface area contributed by atoms with E-state index < -0.39 is 0 Å². The molecule has 1 aromatic heterocycles. The molecule has 0 amide bonds. The minimum absolute atomic E-state index is 0.344. The van der Waals surface area contributed by atoms with E-state index in [2.05, 4.69) is 36.5 Å². The highest BCUT2D eigenvalue weighted by Gasteiger charge is 2.04. The van der Waals surface area contributed by atoms with Crippen LogP contribution in [0.1, 0.15) is 24.3 Å². The lowest BCUT2D eigenvalue weighted by Crippen LogP contribution is -2.17. The molecule has 1 aromatic carbocycles. The number of benzene rings is 1. The third-order valence-corrected chi connectivity index (χ3v) is 2.46. The highest BCUT2D eigenvalue weighted by atomic mass is 16.3. The number of hydrogen-bond acceptors (Lipinski definition) is 2. The van der Waals surface area contributed by atoms with Gasteiger partial charge in [0.05, 0.1) is 12.8 Å². The van der Waals surface area contributed by atoms with Gasteiger partial charge in [-0.2, -0.15) is 0 Å². The van der Waals surface area contributed by atoms with E-state index in [1.807, 2.05) is 18.2 Å². The van der Waals surface area contributed by atoms with Crippen molar-refractivity contribution in [1.82, 2.24) is 5.32 Å². The molecule has 15 heavy (non-hydrogen) atoms.